The lowest BCUT2D eigenvalue weighted by Gasteiger charge is -2.05. The Kier molecular flexibility index (Phi) is 2.93. The molecule has 0 bridgehead atoms. The van der Waals surface area contributed by atoms with Crippen LogP contribution in [0.5, 0.6) is 0 Å². The molecule has 0 fully saturated rings. The van der Waals surface area contributed by atoms with Crippen molar-refractivity contribution in [3.05, 3.63) is 23.5 Å². The molecule has 2 heterocycles. The van der Waals surface area contributed by atoms with Crippen LogP contribution < -0.4 is 0 Å². The van der Waals surface area contributed by atoms with Crippen molar-refractivity contribution in [3.63, 3.8) is 0 Å². The molecule has 0 aliphatic rings. The Balaban J connectivity index is 2.53. The van der Waals surface area contributed by atoms with E-state index in [2.05, 4.69) is 15.2 Å². The number of aromatic amines is 1. The van der Waals surface area contributed by atoms with E-state index in [-0.39, 0.29) is 23.3 Å². The molecule has 96 valence electrons. The predicted molar refractivity (Wildman–Crippen MR) is 54.8 cm³/mol. The van der Waals surface area contributed by atoms with Crippen LogP contribution in [-0.2, 0) is 10.9 Å². The third-order valence-electron chi connectivity index (χ3n) is 2.22. The molecular weight excluding hydrogens is 251 g/mol. The van der Waals surface area contributed by atoms with Crippen molar-refractivity contribution in [3.8, 4) is 0 Å². The minimum absolute atomic E-state index is 0.0109. The number of hydrogen-bond donors (Lipinski definition) is 1. The van der Waals surface area contributed by atoms with Gasteiger partial charge in [0.05, 0.1) is 17.6 Å². The molecule has 0 saturated heterocycles. The van der Waals surface area contributed by atoms with E-state index in [1.807, 2.05) is 0 Å². The van der Waals surface area contributed by atoms with Gasteiger partial charge in [0.25, 0.3) is 0 Å². The van der Waals surface area contributed by atoms with Crippen LogP contribution >= 0.6 is 0 Å². The maximum atomic E-state index is 12.5. The smallest absolute Gasteiger partial charge is 0.417 e. The van der Waals surface area contributed by atoms with Gasteiger partial charge in [-0.1, -0.05) is 0 Å². The molecule has 0 atom stereocenters. The lowest BCUT2D eigenvalue weighted by Crippen LogP contribution is -2.07. The molecule has 8 heteroatoms. The Hall–Kier alpha value is -2.12. The molecule has 5 nitrogen and oxygen atoms in total. The summed E-state index contributed by atoms with van der Waals surface area (Å²) in [7, 11) is 0. The SMILES string of the molecule is CCOC(=O)c1[nH]nc2ncc(C(F)(F)F)cc12. The number of halogens is 3. The highest BCUT2D eigenvalue weighted by Crippen LogP contribution is 2.30. The monoisotopic (exact) mass is 259 g/mol. The first-order valence-electron chi connectivity index (χ1n) is 5.02. The third kappa shape index (κ3) is 2.13. The van der Waals surface area contributed by atoms with E-state index < -0.39 is 17.7 Å². The van der Waals surface area contributed by atoms with Gasteiger partial charge >= 0.3 is 12.1 Å². The average Bonchev–Trinajstić information content (AvgIpc) is 2.70. The minimum Gasteiger partial charge on any atom is -0.461 e. The molecule has 0 aliphatic carbocycles. The van der Waals surface area contributed by atoms with Crippen LogP contribution in [-0.4, -0.2) is 27.8 Å². The molecule has 18 heavy (non-hydrogen) atoms. The zero-order valence-electron chi connectivity index (χ0n) is 9.21. The molecule has 0 spiro atoms. The quantitative estimate of drug-likeness (QED) is 0.839. The third-order valence-corrected chi connectivity index (χ3v) is 2.22. The number of aromatic nitrogens is 3. The van der Waals surface area contributed by atoms with Gasteiger partial charge in [0, 0.05) is 6.20 Å². The second kappa shape index (κ2) is 4.28. The summed E-state index contributed by atoms with van der Waals surface area (Å²) in [5, 5.41) is 5.95. The number of carbonyl (C=O) groups excluding carboxylic acids is 1. The van der Waals surface area contributed by atoms with Crippen LogP contribution in [0.3, 0.4) is 0 Å². The number of H-pyrrole nitrogens is 1. The maximum Gasteiger partial charge on any atom is 0.417 e. The highest BCUT2D eigenvalue weighted by molar-refractivity contribution is 6.00. The van der Waals surface area contributed by atoms with Crippen molar-refractivity contribution < 1.29 is 22.7 Å². The van der Waals surface area contributed by atoms with Crippen LogP contribution in [0.15, 0.2) is 12.3 Å². The van der Waals surface area contributed by atoms with E-state index in [1.165, 1.54) is 0 Å². The van der Waals surface area contributed by atoms with Gasteiger partial charge in [-0.05, 0) is 13.0 Å². The molecule has 0 radical (unpaired) electrons. The number of nitrogens with one attached hydrogen (secondary N) is 1. The lowest BCUT2D eigenvalue weighted by molar-refractivity contribution is -0.137. The standard InChI is InChI=1S/C10H8F3N3O2/c1-2-18-9(17)7-6-3-5(10(11,12)13)4-14-8(6)16-15-7/h3-4H,2H2,1H3,(H,14,15,16). The summed E-state index contributed by atoms with van der Waals surface area (Å²) < 4.78 is 42.2. The van der Waals surface area contributed by atoms with Crippen molar-refractivity contribution >= 4 is 17.0 Å². The molecule has 2 rings (SSSR count). The number of ether oxygens (including phenoxy) is 1. The second-order valence-corrected chi connectivity index (χ2v) is 3.41. The van der Waals surface area contributed by atoms with Gasteiger partial charge in [-0.15, -0.1) is 0 Å². The maximum absolute atomic E-state index is 12.5. The molecule has 0 saturated carbocycles. The Morgan fingerprint density at radius 1 is 1.50 bits per heavy atom. The normalized spacial score (nSPS) is 11.8. The topological polar surface area (TPSA) is 67.9 Å². The summed E-state index contributed by atoms with van der Waals surface area (Å²) in [6, 6.07) is 0.818. The van der Waals surface area contributed by atoms with Gasteiger partial charge in [-0.3, -0.25) is 5.10 Å². The van der Waals surface area contributed by atoms with Crippen LogP contribution in [0.4, 0.5) is 13.2 Å². The zero-order valence-corrected chi connectivity index (χ0v) is 9.21. The van der Waals surface area contributed by atoms with Crippen LogP contribution in [0.1, 0.15) is 23.0 Å². The van der Waals surface area contributed by atoms with Crippen molar-refractivity contribution in [2.45, 2.75) is 13.1 Å². The highest BCUT2D eigenvalue weighted by Gasteiger charge is 2.32. The summed E-state index contributed by atoms with van der Waals surface area (Å²) in [5.74, 6) is -0.763. The van der Waals surface area contributed by atoms with Gasteiger partial charge in [-0.25, -0.2) is 9.78 Å². The van der Waals surface area contributed by atoms with Crippen molar-refractivity contribution in [2.75, 3.05) is 6.61 Å². The van der Waals surface area contributed by atoms with E-state index in [0.717, 1.165) is 6.07 Å². The first-order valence-corrected chi connectivity index (χ1v) is 5.02. The summed E-state index contributed by atoms with van der Waals surface area (Å²) >= 11 is 0. The molecule has 2 aromatic heterocycles. The number of carbonyl (C=O) groups is 1. The lowest BCUT2D eigenvalue weighted by atomic mass is 10.2. The number of alkyl halides is 3. The fourth-order valence-corrected chi connectivity index (χ4v) is 1.41. The van der Waals surface area contributed by atoms with Crippen LogP contribution in [0, 0.1) is 0 Å². The molecule has 1 N–H and O–H groups in total. The number of esters is 1. The number of rotatable bonds is 2. The Bertz CT molecular complexity index is 592. The van der Waals surface area contributed by atoms with Crippen molar-refractivity contribution in [1.29, 1.82) is 0 Å². The van der Waals surface area contributed by atoms with Gasteiger partial charge in [0.2, 0.25) is 0 Å². The molecule has 0 aliphatic heterocycles. The Morgan fingerprint density at radius 2 is 2.22 bits per heavy atom. The van der Waals surface area contributed by atoms with E-state index in [0.29, 0.717) is 6.20 Å². The number of fused-ring (bicyclic) bond motifs is 1. The Morgan fingerprint density at radius 3 is 2.83 bits per heavy atom. The van der Waals surface area contributed by atoms with Gasteiger partial charge in [0.1, 0.15) is 0 Å². The number of hydrogen-bond acceptors (Lipinski definition) is 4. The van der Waals surface area contributed by atoms with Crippen LogP contribution in [0.25, 0.3) is 11.0 Å². The summed E-state index contributed by atoms with van der Waals surface area (Å²) in [6.07, 6.45) is -3.86. The summed E-state index contributed by atoms with van der Waals surface area (Å²) in [6.45, 7) is 1.71. The van der Waals surface area contributed by atoms with Crippen molar-refractivity contribution in [2.24, 2.45) is 0 Å². The van der Waals surface area contributed by atoms with Gasteiger partial charge in [-0.2, -0.15) is 18.3 Å². The molecule has 0 unspecified atom stereocenters. The van der Waals surface area contributed by atoms with Crippen molar-refractivity contribution in [1.82, 2.24) is 15.2 Å². The fourth-order valence-electron chi connectivity index (χ4n) is 1.41. The Labute approximate surface area is 99.0 Å². The number of pyridine rings is 1. The van der Waals surface area contributed by atoms with E-state index in [4.69, 9.17) is 4.74 Å². The van der Waals surface area contributed by atoms with Gasteiger partial charge in [0.15, 0.2) is 11.3 Å². The predicted octanol–water partition coefficient (Wildman–Crippen LogP) is 2.15. The van der Waals surface area contributed by atoms with E-state index >= 15 is 0 Å². The molecular formula is C10H8F3N3O2. The fraction of sp³-hybridized carbons (Fsp3) is 0.300. The van der Waals surface area contributed by atoms with Crippen LogP contribution in [0.2, 0.25) is 0 Å². The first kappa shape index (κ1) is 12.3. The molecule has 0 amide bonds. The minimum atomic E-state index is -4.52. The van der Waals surface area contributed by atoms with E-state index in [1.54, 1.807) is 6.92 Å². The highest BCUT2D eigenvalue weighted by atomic mass is 19.4. The zero-order chi connectivity index (χ0) is 13.3. The van der Waals surface area contributed by atoms with Gasteiger partial charge < -0.3 is 4.74 Å². The van der Waals surface area contributed by atoms with E-state index in [9.17, 15) is 18.0 Å². The molecule has 0 aromatic carbocycles. The first-order chi connectivity index (χ1) is 8.43. The second-order valence-electron chi connectivity index (χ2n) is 3.41. The average molecular weight is 259 g/mol. The number of nitrogens with zero attached hydrogens (tertiary/aromatic N) is 2. The summed E-state index contributed by atoms with van der Waals surface area (Å²) in [5.41, 5.74) is -1.04. The summed E-state index contributed by atoms with van der Waals surface area (Å²) in [4.78, 5) is 15.0. The molecule has 2 aromatic rings. The largest absolute Gasteiger partial charge is 0.461 e.